The zero-order valence-corrected chi connectivity index (χ0v) is 19.8. The molecule has 1 fully saturated rings. The number of benzene rings is 1. The molecule has 0 saturated carbocycles. The number of carboxylic acid groups (broad SMARTS) is 1. The largest absolute Gasteiger partial charge is 0.497 e. The standard InChI is InChI=1S/C27H30FN3O4/c1-34-21-6-8-26-24(15-21)23(10-12-30-26)25(28)7-4-19-11-14-31(17-20(19)5-9-27(32)33)13-2-3-22-16-29-18-35-22/h6,8,10,12,15-16,18-20,25H,4-5,7,9,11,13-14,17H2,1H3,(H,32,33)/t19?,20?,25-/m0/s1. The van der Waals surface area contributed by atoms with Gasteiger partial charge in [-0.2, -0.15) is 0 Å². The van der Waals surface area contributed by atoms with Gasteiger partial charge >= 0.3 is 5.97 Å². The average molecular weight is 480 g/mol. The minimum atomic E-state index is -1.13. The topological polar surface area (TPSA) is 88.7 Å². The van der Waals surface area contributed by atoms with Gasteiger partial charge in [-0.25, -0.2) is 9.37 Å². The Morgan fingerprint density at radius 2 is 2.23 bits per heavy atom. The van der Waals surface area contributed by atoms with Crippen LogP contribution in [-0.2, 0) is 4.79 Å². The second kappa shape index (κ2) is 11.8. The van der Waals surface area contributed by atoms with Crippen molar-refractivity contribution in [3.63, 3.8) is 0 Å². The van der Waals surface area contributed by atoms with Crippen molar-refractivity contribution in [3.05, 3.63) is 54.4 Å². The highest BCUT2D eigenvalue weighted by atomic mass is 19.1. The summed E-state index contributed by atoms with van der Waals surface area (Å²) in [5, 5.41) is 9.99. The molecule has 3 heterocycles. The predicted octanol–water partition coefficient (Wildman–Crippen LogP) is 4.88. The molecular weight excluding hydrogens is 449 g/mol. The summed E-state index contributed by atoms with van der Waals surface area (Å²) in [5.74, 6) is 6.92. The molecule has 2 aromatic heterocycles. The fourth-order valence-electron chi connectivity index (χ4n) is 4.89. The van der Waals surface area contributed by atoms with Gasteiger partial charge in [0, 0.05) is 24.5 Å². The van der Waals surface area contributed by atoms with Gasteiger partial charge in [0.1, 0.15) is 11.9 Å². The maximum absolute atomic E-state index is 15.5. The molecule has 0 aliphatic carbocycles. The number of likely N-dealkylation sites (tertiary alicyclic amines) is 1. The van der Waals surface area contributed by atoms with Gasteiger partial charge in [-0.15, -0.1) is 0 Å². The van der Waals surface area contributed by atoms with Crippen LogP contribution in [0.1, 0.15) is 49.6 Å². The Bertz CT molecular complexity index is 1190. The van der Waals surface area contributed by atoms with E-state index in [9.17, 15) is 9.90 Å². The first kappa shape index (κ1) is 24.7. The number of ether oxygens (including phenoxy) is 1. The van der Waals surface area contributed by atoms with E-state index in [-0.39, 0.29) is 18.3 Å². The van der Waals surface area contributed by atoms with Crippen molar-refractivity contribution in [2.75, 3.05) is 26.7 Å². The summed E-state index contributed by atoms with van der Waals surface area (Å²) >= 11 is 0. The lowest BCUT2D eigenvalue weighted by Gasteiger charge is -2.38. The number of hydrogen-bond acceptors (Lipinski definition) is 6. The third-order valence-corrected chi connectivity index (χ3v) is 6.76. The highest BCUT2D eigenvalue weighted by Gasteiger charge is 2.30. The zero-order chi connectivity index (χ0) is 24.6. The van der Waals surface area contributed by atoms with Crippen LogP contribution in [0.4, 0.5) is 4.39 Å². The van der Waals surface area contributed by atoms with E-state index in [1.54, 1.807) is 25.6 Å². The lowest BCUT2D eigenvalue weighted by Crippen LogP contribution is -2.41. The Kier molecular flexibility index (Phi) is 8.32. The minimum absolute atomic E-state index is 0.118. The molecule has 1 saturated heterocycles. The van der Waals surface area contributed by atoms with Crippen LogP contribution >= 0.6 is 0 Å². The fourth-order valence-corrected chi connectivity index (χ4v) is 4.89. The molecule has 1 aliphatic rings. The van der Waals surface area contributed by atoms with E-state index in [2.05, 4.69) is 26.7 Å². The number of piperidine rings is 1. The zero-order valence-electron chi connectivity index (χ0n) is 19.8. The number of methoxy groups -OCH3 is 1. The Morgan fingerprint density at radius 1 is 1.34 bits per heavy atom. The monoisotopic (exact) mass is 479 g/mol. The van der Waals surface area contributed by atoms with Gasteiger partial charge in [0.25, 0.3) is 0 Å². The molecule has 1 aromatic carbocycles. The normalized spacial score (nSPS) is 19.1. The van der Waals surface area contributed by atoms with E-state index in [4.69, 9.17) is 9.15 Å². The average Bonchev–Trinajstić information content (AvgIpc) is 3.39. The molecular formula is C27H30FN3O4. The van der Waals surface area contributed by atoms with Crippen LogP contribution in [0.5, 0.6) is 5.75 Å². The summed E-state index contributed by atoms with van der Waals surface area (Å²) in [4.78, 5) is 21.7. The first-order chi connectivity index (χ1) is 17.0. The van der Waals surface area contributed by atoms with Crippen LogP contribution in [0.25, 0.3) is 10.9 Å². The molecule has 35 heavy (non-hydrogen) atoms. The number of nitrogens with zero attached hydrogens (tertiary/aromatic N) is 3. The molecule has 1 aliphatic heterocycles. The van der Waals surface area contributed by atoms with Crippen molar-refractivity contribution in [3.8, 4) is 17.6 Å². The summed E-state index contributed by atoms with van der Waals surface area (Å²) < 4.78 is 25.9. The van der Waals surface area contributed by atoms with E-state index in [0.717, 1.165) is 30.4 Å². The second-order valence-corrected chi connectivity index (χ2v) is 8.97. The van der Waals surface area contributed by atoms with Crippen LogP contribution in [0.3, 0.4) is 0 Å². The summed E-state index contributed by atoms with van der Waals surface area (Å²) in [5.41, 5.74) is 1.36. The first-order valence-electron chi connectivity index (χ1n) is 11.9. The van der Waals surface area contributed by atoms with Gasteiger partial charge in [0.15, 0.2) is 12.2 Å². The number of aromatic nitrogens is 2. The van der Waals surface area contributed by atoms with Crippen molar-refractivity contribution in [2.45, 2.75) is 38.3 Å². The maximum atomic E-state index is 15.5. The smallest absolute Gasteiger partial charge is 0.303 e. The Morgan fingerprint density at radius 3 is 3.00 bits per heavy atom. The lowest BCUT2D eigenvalue weighted by molar-refractivity contribution is -0.137. The predicted molar refractivity (Wildman–Crippen MR) is 130 cm³/mol. The van der Waals surface area contributed by atoms with E-state index < -0.39 is 12.1 Å². The molecule has 3 atom stereocenters. The van der Waals surface area contributed by atoms with Gasteiger partial charge in [-0.05, 0) is 79.8 Å². The van der Waals surface area contributed by atoms with Crippen LogP contribution in [0.2, 0.25) is 0 Å². The number of carbonyl (C=O) groups is 1. The van der Waals surface area contributed by atoms with E-state index in [1.807, 2.05) is 18.2 Å². The Balaban J connectivity index is 1.39. The Hall–Kier alpha value is -3.44. The molecule has 0 radical (unpaired) electrons. The van der Waals surface area contributed by atoms with Gasteiger partial charge in [-0.3, -0.25) is 14.7 Å². The van der Waals surface area contributed by atoms with Crippen molar-refractivity contribution in [1.29, 1.82) is 0 Å². The summed E-state index contributed by atoms with van der Waals surface area (Å²) in [6.07, 6.45) is 6.12. The molecule has 0 bridgehead atoms. The molecule has 8 heteroatoms. The third-order valence-electron chi connectivity index (χ3n) is 6.76. The third kappa shape index (κ3) is 6.58. The lowest BCUT2D eigenvalue weighted by atomic mass is 9.79. The highest BCUT2D eigenvalue weighted by Crippen LogP contribution is 2.36. The van der Waals surface area contributed by atoms with E-state index >= 15 is 4.39 Å². The van der Waals surface area contributed by atoms with Crippen molar-refractivity contribution < 1.29 is 23.4 Å². The number of fused-ring (bicyclic) bond motifs is 1. The fraction of sp³-hybridized carbons (Fsp3) is 0.444. The van der Waals surface area contributed by atoms with Gasteiger partial charge < -0.3 is 14.3 Å². The summed E-state index contributed by atoms with van der Waals surface area (Å²) in [6.45, 7) is 2.19. The first-order valence-corrected chi connectivity index (χ1v) is 11.9. The van der Waals surface area contributed by atoms with Crippen molar-refractivity contribution >= 4 is 16.9 Å². The van der Waals surface area contributed by atoms with Crippen LogP contribution in [-0.4, -0.2) is 52.7 Å². The number of hydrogen-bond donors (Lipinski definition) is 1. The number of halogens is 1. The van der Waals surface area contributed by atoms with Crippen LogP contribution in [0.15, 0.2) is 47.5 Å². The SMILES string of the molecule is COc1ccc2nccc([C@@H](F)CCC3CCN(CC#Cc4cnco4)CC3CCC(=O)O)c2c1. The number of alkyl halides is 1. The molecule has 184 valence electrons. The molecule has 3 aromatic rings. The van der Waals surface area contributed by atoms with Crippen molar-refractivity contribution in [1.82, 2.24) is 14.9 Å². The molecule has 4 rings (SSSR count). The number of aliphatic carboxylic acids is 1. The van der Waals surface area contributed by atoms with E-state index in [1.165, 1.54) is 6.39 Å². The number of oxazole rings is 1. The Labute approximate surface area is 204 Å². The highest BCUT2D eigenvalue weighted by molar-refractivity contribution is 5.83. The van der Waals surface area contributed by atoms with Gasteiger partial charge in [0.05, 0.1) is 25.4 Å². The van der Waals surface area contributed by atoms with Crippen LogP contribution < -0.4 is 4.74 Å². The summed E-state index contributed by atoms with van der Waals surface area (Å²) in [7, 11) is 1.59. The van der Waals surface area contributed by atoms with Gasteiger partial charge in [-0.1, -0.05) is 5.92 Å². The molecule has 7 nitrogen and oxygen atoms in total. The maximum Gasteiger partial charge on any atom is 0.303 e. The van der Waals surface area contributed by atoms with Gasteiger partial charge in [0.2, 0.25) is 0 Å². The molecule has 2 unspecified atom stereocenters. The second-order valence-electron chi connectivity index (χ2n) is 8.97. The molecule has 0 spiro atoms. The quantitative estimate of drug-likeness (QED) is 0.438. The summed E-state index contributed by atoms with van der Waals surface area (Å²) in [6, 6.07) is 7.23. The minimum Gasteiger partial charge on any atom is -0.497 e. The number of carboxylic acids is 1. The molecule has 1 N–H and O–H groups in total. The van der Waals surface area contributed by atoms with E-state index in [0.29, 0.717) is 42.9 Å². The van der Waals surface area contributed by atoms with Crippen LogP contribution in [0, 0.1) is 23.7 Å². The number of rotatable bonds is 9. The number of pyridine rings is 1. The van der Waals surface area contributed by atoms with Crippen molar-refractivity contribution in [2.24, 2.45) is 11.8 Å². The molecule has 0 amide bonds.